The van der Waals surface area contributed by atoms with Gasteiger partial charge in [0.2, 0.25) is 0 Å². The SMILES string of the molecule is CC(C)c1cc(CCCCN2CCN(c3ccccc3F)CC2)n(-c2ccccc2)n1. The topological polar surface area (TPSA) is 24.3 Å². The Morgan fingerprint density at radius 1 is 0.903 bits per heavy atom. The van der Waals surface area contributed by atoms with Crippen molar-refractivity contribution in [2.75, 3.05) is 37.6 Å². The Kier molecular flexibility index (Phi) is 7.03. The molecule has 0 amide bonds. The summed E-state index contributed by atoms with van der Waals surface area (Å²) in [6, 6.07) is 19.8. The molecule has 0 aliphatic carbocycles. The Labute approximate surface area is 185 Å². The molecule has 0 spiro atoms. The molecule has 0 N–H and O–H groups in total. The third-order valence-electron chi connectivity index (χ3n) is 6.12. The second kappa shape index (κ2) is 10.1. The summed E-state index contributed by atoms with van der Waals surface area (Å²) in [5.74, 6) is 0.307. The molecule has 1 aliphatic rings. The molecule has 0 unspecified atom stereocenters. The van der Waals surface area contributed by atoms with Crippen LogP contribution in [0, 0.1) is 5.82 Å². The van der Waals surface area contributed by atoms with Gasteiger partial charge in [-0.25, -0.2) is 9.07 Å². The standard InChI is InChI=1S/C26H33FN4/c1-21(2)25-20-23(31(28-25)22-10-4-3-5-11-22)12-8-9-15-29-16-18-30(19-17-29)26-14-7-6-13-24(26)27/h3-7,10-11,13-14,20-21H,8-9,12,15-19H2,1-2H3. The maximum Gasteiger partial charge on any atom is 0.146 e. The van der Waals surface area contributed by atoms with Crippen molar-refractivity contribution in [1.82, 2.24) is 14.7 Å². The lowest BCUT2D eigenvalue weighted by atomic mass is 10.1. The van der Waals surface area contributed by atoms with Gasteiger partial charge in [0.15, 0.2) is 0 Å². The lowest BCUT2D eigenvalue weighted by Gasteiger charge is -2.36. The van der Waals surface area contributed by atoms with Crippen LogP contribution in [0.25, 0.3) is 5.69 Å². The molecule has 1 aliphatic heterocycles. The van der Waals surface area contributed by atoms with Crippen LogP contribution in [0.5, 0.6) is 0 Å². The number of piperazine rings is 1. The van der Waals surface area contributed by atoms with E-state index in [0.29, 0.717) is 5.92 Å². The molecule has 1 fully saturated rings. The van der Waals surface area contributed by atoms with Gasteiger partial charge in [-0.15, -0.1) is 0 Å². The fraction of sp³-hybridized carbons (Fsp3) is 0.423. The molecule has 2 aromatic carbocycles. The van der Waals surface area contributed by atoms with E-state index in [2.05, 4.69) is 58.7 Å². The molecular weight excluding hydrogens is 387 g/mol. The normalized spacial score (nSPS) is 15.0. The smallest absolute Gasteiger partial charge is 0.146 e. The Hall–Kier alpha value is -2.66. The lowest BCUT2D eigenvalue weighted by molar-refractivity contribution is 0.252. The minimum Gasteiger partial charge on any atom is -0.367 e. The van der Waals surface area contributed by atoms with Crippen molar-refractivity contribution in [3.8, 4) is 5.69 Å². The quantitative estimate of drug-likeness (QED) is 0.464. The van der Waals surface area contributed by atoms with Gasteiger partial charge in [0, 0.05) is 31.9 Å². The van der Waals surface area contributed by atoms with Gasteiger partial charge in [-0.1, -0.05) is 44.2 Å². The first kappa shape index (κ1) is 21.6. The highest BCUT2D eigenvalue weighted by Crippen LogP contribution is 2.22. The van der Waals surface area contributed by atoms with Gasteiger partial charge in [-0.05, 0) is 62.1 Å². The summed E-state index contributed by atoms with van der Waals surface area (Å²) in [6.07, 6.45) is 3.34. The van der Waals surface area contributed by atoms with E-state index < -0.39 is 0 Å². The second-order valence-corrected chi connectivity index (χ2v) is 8.70. The average Bonchev–Trinajstić information content (AvgIpc) is 3.23. The number of hydrogen-bond donors (Lipinski definition) is 0. The molecule has 4 nitrogen and oxygen atoms in total. The van der Waals surface area contributed by atoms with E-state index in [1.54, 1.807) is 12.1 Å². The van der Waals surface area contributed by atoms with Crippen molar-refractivity contribution in [1.29, 1.82) is 0 Å². The summed E-state index contributed by atoms with van der Waals surface area (Å²) >= 11 is 0. The Bertz CT molecular complexity index is 959. The van der Waals surface area contributed by atoms with Crippen LogP contribution >= 0.6 is 0 Å². The van der Waals surface area contributed by atoms with E-state index in [1.165, 1.54) is 5.69 Å². The van der Waals surface area contributed by atoms with Crippen LogP contribution in [-0.4, -0.2) is 47.4 Å². The minimum absolute atomic E-state index is 0.119. The van der Waals surface area contributed by atoms with E-state index in [-0.39, 0.29) is 5.82 Å². The molecule has 2 heterocycles. The van der Waals surface area contributed by atoms with Crippen LogP contribution < -0.4 is 4.90 Å². The maximum absolute atomic E-state index is 14.0. The third kappa shape index (κ3) is 5.34. The lowest BCUT2D eigenvalue weighted by Crippen LogP contribution is -2.46. The van der Waals surface area contributed by atoms with E-state index in [9.17, 15) is 4.39 Å². The van der Waals surface area contributed by atoms with Gasteiger partial charge in [0.25, 0.3) is 0 Å². The number of unbranched alkanes of at least 4 members (excludes halogenated alkanes) is 1. The molecule has 0 atom stereocenters. The number of hydrogen-bond acceptors (Lipinski definition) is 3. The first-order chi connectivity index (χ1) is 15.1. The van der Waals surface area contributed by atoms with Gasteiger partial charge >= 0.3 is 0 Å². The summed E-state index contributed by atoms with van der Waals surface area (Å²) < 4.78 is 16.1. The second-order valence-electron chi connectivity index (χ2n) is 8.70. The van der Waals surface area contributed by atoms with Crippen molar-refractivity contribution < 1.29 is 4.39 Å². The molecule has 0 saturated carbocycles. The van der Waals surface area contributed by atoms with Crippen molar-refractivity contribution in [2.24, 2.45) is 0 Å². The summed E-state index contributed by atoms with van der Waals surface area (Å²) in [7, 11) is 0. The molecule has 0 bridgehead atoms. The number of aryl methyl sites for hydroxylation is 1. The largest absolute Gasteiger partial charge is 0.367 e. The Balaban J connectivity index is 1.27. The molecule has 164 valence electrons. The van der Waals surface area contributed by atoms with E-state index in [4.69, 9.17) is 5.10 Å². The zero-order chi connectivity index (χ0) is 21.6. The molecular formula is C26H33FN4. The molecule has 0 radical (unpaired) electrons. The maximum atomic E-state index is 14.0. The Morgan fingerprint density at radius 3 is 2.32 bits per heavy atom. The summed E-state index contributed by atoms with van der Waals surface area (Å²) in [6.45, 7) is 9.26. The predicted octanol–water partition coefficient (Wildman–Crippen LogP) is 5.28. The van der Waals surface area contributed by atoms with Crippen molar-refractivity contribution in [3.63, 3.8) is 0 Å². The van der Waals surface area contributed by atoms with Crippen LogP contribution in [0.2, 0.25) is 0 Å². The van der Waals surface area contributed by atoms with Crippen molar-refractivity contribution in [2.45, 2.75) is 39.0 Å². The number of rotatable bonds is 8. The number of para-hydroxylation sites is 2. The van der Waals surface area contributed by atoms with Gasteiger partial charge in [0.1, 0.15) is 5.82 Å². The van der Waals surface area contributed by atoms with E-state index >= 15 is 0 Å². The number of anilines is 1. The first-order valence-electron chi connectivity index (χ1n) is 11.5. The predicted molar refractivity (Wildman–Crippen MR) is 126 cm³/mol. The molecule has 5 heteroatoms. The summed E-state index contributed by atoms with van der Waals surface area (Å²) in [4.78, 5) is 4.67. The van der Waals surface area contributed by atoms with Crippen LogP contribution in [0.3, 0.4) is 0 Å². The fourth-order valence-corrected chi connectivity index (χ4v) is 4.26. The highest BCUT2D eigenvalue weighted by Gasteiger charge is 2.19. The Morgan fingerprint density at radius 2 is 1.61 bits per heavy atom. The summed E-state index contributed by atoms with van der Waals surface area (Å²) in [5.41, 5.74) is 4.31. The average molecular weight is 421 g/mol. The molecule has 3 aromatic rings. The van der Waals surface area contributed by atoms with Gasteiger partial charge < -0.3 is 4.90 Å². The number of benzene rings is 2. The van der Waals surface area contributed by atoms with Crippen LogP contribution in [0.4, 0.5) is 10.1 Å². The molecule has 1 saturated heterocycles. The van der Waals surface area contributed by atoms with Gasteiger partial charge in [-0.3, -0.25) is 4.90 Å². The van der Waals surface area contributed by atoms with Crippen molar-refractivity contribution in [3.05, 3.63) is 77.9 Å². The van der Waals surface area contributed by atoms with Crippen molar-refractivity contribution >= 4 is 5.69 Å². The van der Waals surface area contributed by atoms with E-state index in [1.807, 2.05) is 18.2 Å². The van der Waals surface area contributed by atoms with Gasteiger partial charge in [0.05, 0.1) is 17.1 Å². The molecule has 31 heavy (non-hydrogen) atoms. The van der Waals surface area contributed by atoms with E-state index in [0.717, 1.165) is 69.1 Å². The van der Waals surface area contributed by atoms with Crippen LogP contribution in [0.1, 0.15) is 44.0 Å². The molecule has 1 aromatic heterocycles. The zero-order valence-electron chi connectivity index (χ0n) is 18.7. The number of aromatic nitrogens is 2. The monoisotopic (exact) mass is 420 g/mol. The minimum atomic E-state index is -0.119. The highest BCUT2D eigenvalue weighted by atomic mass is 19.1. The number of nitrogens with zero attached hydrogens (tertiary/aromatic N) is 4. The van der Waals surface area contributed by atoms with Crippen LogP contribution in [-0.2, 0) is 6.42 Å². The van der Waals surface area contributed by atoms with Gasteiger partial charge in [-0.2, -0.15) is 5.10 Å². The molecule has 4 rings (SSSR count). The summed E-state index contributed by atoms with van der Waals surface area (Å²) in [5, 5.41) is 4.86. The zero-order valence-corrected chi connectivity index (χ0v) is 18.7. The third-order valence-corrected chi connectivity index (χ3v) is 6.12. The first-order valence-corrected chi connectivity index (χ1v) is 11.5. The fourth-order valence-electron chi connectivity index (χ4n) is 4.26. The van der Waals surface area contributed by atoms with Crippen LogP contribution in [0.15, 0.2) is 60.7 Å². The number of halogens is 1. The highest BCUT2D eigenvalue weighted by molar-refractivity contribution is 5.48.